The highest BCUT2D eigenvalue weighted by atomic mass is 35.5. The molecule has 1 N–H and O–H groups in total. The Labute approximate surface area is 120 Å². The fourth-order valence-corrected chi connectivity index (χ4v) is 2.62. The van der Waals surface area contributed by atoms with Crippen molar-refractivity contribution in [3.8, 4) is 5.75 Å². The third-order valence-corrected chi connectivity index (χ3v) is 3.95. The zero-order valence-electron chi connectivity index (χ0n) is 10.6. The molecule has 0 saturated carbocycles. The average molecular weight is 297 g/mol. The minimum absolute atomic E-state index is 0.151. The number of methoxy groups -OCH3 is 1. The number of benzene rings is 1. The van der Waals surface area contributed by atoms with Crippen molar-refractivity contribution in [2.45, 2.75) is 13.5 Å². The SMILES string of the molecule is COc1cccc(Cl)c1CNC(=O)c1scnc1C. The van der Waals surface area contributed by atoms with Gasteiger partial charge in [0, 0.05) is 17.1 Å². The predicted molar refractivity (Wildman–Crippen MR) is 76.0 cm³/mol. The van der Waals surface area contributed by atoms with E-state index in [4.69, 9.17) is 16.3 Å². The summed E-state index contributed by atoms with van der Waals surface area (Å²) in [6.45, 7) is 2.13. The number of amides is 1. The lowest BCUT2D eigenvalue weighted by Crippen LogP contribution is -2.23. The zero-order valence-corrected chi connectivity index (χ0v) is 12.1. The molecule has 1 aromatic carbocycles. The molecular formula is C13H13ClN2O2S. The molecule has 0 unspecified atom stereocenters. The number of nitrogens with zero attached hydrogens (tertiary/aromatic N) is 1. The zero-order chi connectivity index (χ0) is 13.8. The van der Waals surface area contributed by atoms with Crippen LogP contribution >= 0.6 is 22.9 Å². The smallest absolute Gasteiger partial charge is 0.263 e. The lowest BCUT2D eigenvalue weighted by atomic mass is 10.2. The Morgan fingerprint density at radius 2 is 2.32 bits per heavy atom. The highest BCUT2D eigenvalue weighted by Crippen LogP contribution is 2.26. The van der Waals surface area contributed by atoms with Gasteiger partial charge in [-0.3, -0.25) is 4.79 Å². The summed E-state index contributed by atoms with van der Waals surface area (Å²) in [5, 5.41) is 3.39. The van der Waals surface area contributed by atoms with Crippen LogP contribution in [0.15, 0.2) is 23.7 Å². The van der Waals surface area contributed by atoms with Crippen LogP contribution in [0.25, 0.3) is 0 Å². The molecule has 0 aliphatic carbocycles. The number of aromatic nitrogens is 1. The summed E-state index contributed by atoms with van der Waals surface area (Å²) in [7, 11) is 1.57. The number of hydrogen-bond donors (Lipinski definition) is 1. The van der Waals surface area contributed by atoms with Crippen molar-refractivity contribution in [3.05, 3.63) is 44.9 Å². The maximum Gasteiger partial charge on any atom is 0.263 e. The Balaban J connectivity index is 2.11. The molecule has 0 bridgehead atoms. The van der Waals surface area contributed by atoms with Gasteiger partial charge in [0.05, 0.1) is 18.3 Å². The Morgan fingerprint density at radius 3 is 2.95 bits per heavy atom. The number of rotatable bonds is 4. The van der Waals surface area contributed by atoms with Crippen LogP contribution in [-0.4, -0.2) is 18.0 Å². The average Bonchev–Trinajstić information content (AvgIpc) is 2.83. The number of ether oxygens (including phenoxy) is 1. The van der Waals surface area contributed by atoms with Gasteiger partial charge in [-0.25, -0.2) is 4.98 Å². The first-order valence-electron chi connectivity index (χ1n) is 5.63. The number of thiazole rings is 1. The van der Waals surface area contributed by atoms with Crippen molar-refractivity contribution in [1.82, 2.24) is 10.3 Å². The molecule has 19 heavy (non-hydrogen) atoms. The van der Waals surface area contributed by atoms with E-state index < -0.39 is 0 Å². The van der Waals surface area contributed by atoms with Gasteiger partial charge in [0.1, 0.15) is 10.6 Å². The maximum atomic E-state index is 12.0. The molecule has 0 radical (unpaired) electrons. The van der Waals surface area contributed by atoms with E-state index in [1.54, 1.807) is 24.8 Å². The molecule has 0 saturated heterocycles. The molecule has 0 aliphatic heterocycles. The van der Waals surface area contributed by atoms with Crippen molar-refractivity contribution in [1.29, 1.82) is 0 Å². The summed E-state index contributed by atoms with van der Waals surface area (Å²) in [5.41, 5.74) is 3.15. The standard InChI is InChI=1S/C13H13ClN2O2S/c1-8-12(19-7-16-8)13(17)15-6-9-10(14)4-3-5-11(9)18-2/h3-5,7H,6H2,1-2H3,(H,15,17). The van der Waals surface area contributed by atoms with Crippen molar-refractivity contribution in [2.75, 3.05) is 7.11 Å². The first kappa shape index (κ1) is 13.8. The Bertz CT molecular complexity index is 598. The second kappa shape index (κ2) is 6.04. The van der Waals surface area contributed by atoms with Crippen LogP contribution in [0, 0.1) is 6.92 Å². The number of carbonyl (C=O) groups is 1. The van der Waals surface area contributed by atoms with E-state index in [0.717, 1.165) is 11.3 Å². The first-order valence-corrected chi connectivity index (χ1v) is 6.89. The van der Waals surface area contributed by atoms with Gasteiger partial charge in [-0.05, 0) is 19.1 Å². The van der Waals surface area contributed by atoms with E-state index in [0.29, 0.717) is 22.2 Å². The quantitative estimate of drug-likeness (QED) is 0.943. The Kier molecular flexibility index (Phi) is 4.39. The summed E-state index contributed by atoms with van der Waals surface area (Å²) in [5.74, 6) is 0.510. The number of halogens is 1. The van der Waals surface area contributed by atoms with E-state index >= 15 is 0 Å². The number of carbonyl (C=O) groups excluding carboxylic acids is 1. The van der Waals surface area contributed by atoms with Crippen LogP contribution in [0.5, 0.6) is 5.75 Å². The molecule has 4 nitrogen and oxygen atoms in total. The highest BCUT2D eigenvalue weighted by Gasteiger charge is 2.13. The van der Waals surface area contributed by atoms with E-state index in [2.05, 4.69) is 10.3 Å². The lowest BCUT2D eigenvalue weighted by Gasteiger charge is -2.11. The molecule has 0 spiro atoms. The van der Waals surface area contributed by atoms with Gasteiger partial charge >= 0.3 is 0 Å². The van der Waals surface area contributed by atoms with Gasteiger partial charge in [0.25, 0.3) is 5.91 Å². The van der Waals surface area contributed by atoms with Gasteiger partial charge in [-0.15, -0.1) is 11.3 Å². The van der Waals surface area contributed by atoms with E-state index in [9.17, 15) is 4.79 Å². The van der Waals surface area contributed by atoms with E-state index in [1.165, 1.54) is 11.3 Å². The van der Waals surface area contributed by atoms with Crippen molar-refractivity contribution in [3.63, 3.8) is 0 Å². The molecule has 1 amide bonds. The normalized spacial score (nSPS) is 10.3. The maximum absolute atomic E-state index is 12.0. The van der Waals surface area contributed by atoms with Crippen molar-refractivity contribution in [2.24, 2.45) is 0 Å². The van der Waals surface area contributed by atoms with Gasteiger partial charge in [-0.1, -0.05) is 17.7 Å². The topological polar surface area (TPSA) is 51.2 Å². The summed E-state index contributed by atoms with van der Waals surface area (Å²) in [6, 6.07) is 5.38. The minimum atomic E-state index is -0.151. The molecule has 0 fully saturated rings. The van der Waals surface area contributed by atoms with Crippen LogP contribution < -0.4 is 10.1 Å². The molecule has 2 aromatic rings. The van der Waals surface area contributed by atoms with Crippen LogP contribution in [0.3, 0.4) is 0 Å². The molecule has 1 aromatic heterocycles. The summed E-state index contributed by atoms with van der Waals surface area (Å²) >= 11 is 7.43. The van der Waals surface area contributed by atoms with Crippen LogP contribution in [0.4, 0.5) is 0 Å². The number of hydrogen-bond acceptors (Lipinski definition) is 4. The van der Waals surface area contributed by atoms with Crippen molar-refractivity contribution >= 4 is 28.8 Å². The lowest BCUT2D eigenvalue weighted by molar-refractivity contribution is 0.0954. The molecule has 100 valence electrons. The Morgan fingerprint density at radius 1 is 1.53 bits per heavy atom. The fourth-order valence-electron chi connectivity index (χ4n) is 1.67. The van der Waals surface area contributed by atoms with Gasteiger partial charge in [0.2, 0.25) is 0 Å². The van der Waals surface area contributed by atoms with Crippen molar-refractivity contribution < 1.29 is 9.53 Å². The summed E-state index contributed by atoms with van der Waals surface area (Å²) in [4.78, 5) is 16.7. The fraction of sp³-hybridized carbons (Fsp3) is 0.231. The molecule has 1 heterocycles. The van der Waals surface area contributed by atoms with Gasteiger partial charge in [-0.2, -0.15) is 0 Å². The van der Waals surface area contributed by atoms with Crippen LogP contribution in [0.2, 0.25) is 5.02 Å². The van der Waals surface area contributed by atoms with Gasteiger partial charge in [0.15, 0.2) is 0 Å². The molecule has 2 rings (SSSR count). The van der Waals surface area contributed by atoms with E-state index in [1.807, 2.05) is 13.0 Å². The van der Waals surface area contributed by atoms with Gasteiger partial charge < -0.3 is 10.1 Å². The summed E-state index contributed by atoms with van der Waals surface area (Å²) < 4.78 is 5.23. The predicted octanol–water partition coefficient (Wildman–Crippen LogP) is 3.04. The molecule has 0 aliphatic rings. The second-order valence-electron chi connectivity index (χ2n) is 3.87. The largest absolute Gasteiger partial charge is 0.496 e. The minimum Gasteiger partial charge on any atom is -0.496 e. The Hall–Kier alpha value is -1.59. The molecule has 0 atom stereocenters. The number of aryl methyl sites for hydroxylation is 1. The molecule has 6 heteroatoms. The number of nitrogens with one attached hydrogen (secondary N) is 1. The van der Waals surface area contributed by atoms with E-state index in [-0.39, 0.29) is 5.91 Å². The first-order chi connectivity index (χ1) is 9.13. The monoisotopic (exact) mass is 296 g/mol. The third-order valence-electron chi connectivity index (χ3n) is 2.67. The third kappa shape index (κ3) is 3.05. The van der Waals surface area contributed by atoms with Crippen LogP contribution in [-0.2, 0) is 6.54 Å². The molecular weight excluding hydrogens is 284 g/mol. The summed E-state index contributed by atoms with van der Waals surface area (Å²) in [6.07, 6.45) is 0. The van der Waals surface area contributed by atoms with Crippen LogP contribution in [0.1, 0.15) is 20.9 Å². The second-order valence-corrected chi connectivity index (χ2v) is 5.13. The highest BCUT2D eigenvalue weighted by molar-refractivity contribution is 7.11.